The van der Waals surface area contributed by atoms with Gasteiger partial charge in [-0.1, -0.05) is 24.2 Å². The third-order valence-electron chi connectivity index (χ3n) is 7.24. The Morgan fingerprint density at radius 1 is 1.11 bits per heavy atom. The van der Waals surface area contributed by atoms with Crippen LogP contribution in [0.15, 0.2) is 42.7 Å². The normalized spacial score (nSPS) is 22.8. The van der Waals surface area contributed by atoms with E-state index in [-0.39, 0.29) is 12.1 Å². The van der Waals surface area contributed by atoms with Gasteiger partial charge in [0.05, 0.1) is 41.3 Å². The van der Waals surface area contributed by atoms with Gasteiger partial charge in [-0.05, 0) is 31.0 Å². The maximum Gasteiger partial charge on any atom is 0.184 e. The Bertz CT molecular complexity index is 1240. The molecule has 1 unspecified atom stereocenters. The Hall–Kier alpha value is -2.76. The van der Waals surface area contributed by atoms with E-state index in [0.29, 0.717) is 0 Å². The van der Waals surface area contributed by atoms with Gasteiger partial charge in [-0.25, -0.2) is 10.4 Å². The van der Waals surface area contributed by atoms with Crippen molar-refractivity contribution in [1.29, 1.82) is 0 Å². The number of aliphatic hydroxyl groups is 1. The number of aromatic nitrogens is 2. The number of fused-ring (bicyclic) bond motifs is 1. The summed E-state index contributed by atoms with van der Waals surface area (Å²) in [6.45, 7) is 6.33. The lowest BCUT2D eigenvalue weighted by atomic mass is 9.93. The zero-order valence-electron chi connectivity index (χ0n) is 20.9. The third-order valence-corrected chi connectivity index (χ3v) is 8.19. The average molecular weight is 523 g/mol. The standard InChI is InChI=1S/C27H34N6O3S/c34-25-4-2-1-3-22(25)30-27-31-23-6-5-20(16-26(23)37-27)36-21-7-8-28-24(15-21)19-17-29-33(18-19)10-9-32-11-13-35-14-12-32/h5-8,15-16,18,22,25,29,34H,1-4,9-14,17H2,(H,30,31)/t22-,25?/m1/s1. The molecular formula is C27H34N6O3S. The molecule has 10 heteroatoms. The highest BCUT2D eigenvalue weighted by molar-refractivity contribution is 7.22. The van der Waals surface area contributed by atoms with Gasteiger partial charge >= 0.3 is 0 Å². The first kappa shape index (κ1) is 24.6. The van der Waals surface area contributed by atoms with Crippen molar-refractivity contribution in [3.8, 4) is 11.5 Å². The Kier molecular flexibility index (Phi) is 7.52. The van der Waals surface area contributed by atoms with Crippen molar-refractivity contribution >= 4 is 32.3 Å². The molecule has 3 N–H and O–H groups in total. The number of morpholine rings is 1. The summed E-state index contributed by atoms with van der Waals surface area (Å²) in [4.78, 5) is 11.7. The van der Waals surface area contributed by atoms with Crippen LogP contribution in [0.3, 0.4) is 0 Å². The van der Waals surface area contributed by atoms with Crippen molar-refractivity contribution in [2.24, 2.45) is 0 Å². The van der Waals surface area contributed by atoms with E-state index in [1.807, 2.05) is 30.3 Å². The van der Waals surface area contributed by atoms with Gasteiger partial charge in [0.2, 0.25) is 0 Å². The average Bonchev–Trinajstić information content (AvgIpc) is 3.56. The molecule has 4 heterocycles. The van der Waals surface area contributed by atoms with Crippen molar-refractivity contribution in [1.82, 2.24) is 25.3 Å². The minimum absolute atomic E-state index is 0.0787. The van der Waals surface area contributed by atoms with Crippen LogP contribution < -0.4 is 15.5 Å². The number of hydrogen-bond donors (Lipinski definition) is 3. The molecule has 2 aliphatic heterocycles. The smallest absolute Gasteiger partial charge is 0.184 e. The van der Waals surface area contributed by atoms with Crippen LogP contribution in [0.25, 0.3) is 15.8 Å². The maximum absolute atomic E-state index is 10.3. The molecule has 1 saturated carbocycles. The molecule has 3 aromatic rings. The lowest BCUT2D eigenvalue weighted by molar-refractivity contribution is 0.0340. The fourth-order valence-corrected chi connectivity index (χ4v) is 6.05. The minimum Gasteiger partial charge on any atom is -0.457 e. The lowest BCUT2D eigenvalue weighted by Gasteiger charge is -2.28. The van der Waals surface area contributed by atoms with Crippen LogP contribution in [-0.4, -0.2) is 83.1 Å². The summed E-state index contributed by atoms with van der Waals surface area (Å²) in [6.07, 6.45) is 7.71. The third kappa shape index (κ3) is 6.05. The van der Waals surface area contributed by atoms with Crippen LogP contribution in [0, 0.1) is 0 Å². The summed E-state index contributed by atoms with van der Waals surface area (Å²) >= 11 is 1.60. The number of benzene rings is 1. The maximum atomic E-state index is 10.3. The second-order valence-corrected chi connectivity index (χ2v) is 10.9. The molecule has 0 radical (unpaired) electrons. The van der Waals surface area contributed by atoms with Crippen LogP contribution in [0.1, 0.15) is 31.4 Å². The van der Waals surface area contributed by atoms with Gasteiger partial charge < -0.3 is 24.9 Å². The van der Waals surface area contributed by atoms with E-state index in [2.05, 4.69) is 31.8 Å². The number of hydrogen-bond acceptors (Lipinski definition) is 10. The van der Waals surface area contributed by atoms with E-state index in [4.69, 9.17) is 14.5 Å². The molecule has 1 aliphatic carbocycles. The molecule has 196 valence electrons. The van der Waals surface area contributed by atoms with Crippen molar-refractivity contribution in [2.75, 3.05) is 51.3 Å². The van der Waals surface area contributed by atoms with Gasteiger partial charge in [-0.15, -0.1) is 0 Å². The number of ether oxygens (including phenoxy) is 2. The predicted molar refractivity (Wildman–Crippen MR) is 146 cm³/mol. The molecule has 0 bridgehead atoms. The van der Waals surface area contributed by atoms with Crippen molar-refractivity contribution in [3.63, 3.8) is 0 Å². The Morgan fingerprint density at radius 3 is 2.86 bits per heavy atom. The molecule has 3 aliphatic rings. The molecule has 2 fully saturated rings. The molecule has 1 saturated heterocycles. The SMILES string of the molecule is OC1CCCC[C@H]1Nc1nc2ccc(Oc3ccnc(C4=CN(CCN5CCOCC5)NC4)c3)cc2s1. The zero-order valence-corrected chi connectivity index (χ0v) is 21.8. The van der Waals surface area contributed by atoms with Crippen LogP contribution in [0.5, 0.6) is 11.5 Å². The summed E-state index contributed by atoms with van der Waals surface area (Å²) in [7, 11) is 0. The van der Waals surface area contributed by atoms with Crippen LogP contribution in [0.4, 0.5) is 5.13 Å². The fraction of sp³-hybridized carbons (Fsp3) is 0.481. The lowest BCUT2D eigenvalue weighted by Crippen LogP contribution is -2.42. The number of pyridine rings is 1. The Labute approximate surface area is 221 Å². The van der Waals surface area contributed by atoms with Crippen molar-refractivity contribution < 1.29 is 14.6 Å². The number of rotatable bonds is 8. The van der Waals surface area contributed by atoms with Crippen molar-refractivity contribution in [2.45, 2.75) is 37.8 Å². The number of aliphatic hydroxyl groups excluding tert-OH is 1. The van der Waals surface area contributed by atoms with Gasteiger partial charge in [0.15, 0.2) is 5.13 Å². The number of nitrogens with one attached hydrogen (secondary N) is 2. The van der Waals surface area contributed by atoms with Crippen molar-refractivity contribution in [3.05, 3.63) is 48.4 Å². The molecular weight excluding hydrogens is 488 g/mol. The molecule has 37 heavy (non-hydrogen) atoms. The van der Waals surface area contributed by atoms with Gasteiger partial charge in [-0.2, -0.15) is 0 Å². The van der Waals surface area contributed by atoms with E-state index in [9.17, 15) is 5.11 Å². The topological polar surface area (TPSA) is 95.0 Å². The fourth-order valence-electron chi connectivity index (χ4n) is 5.10. The quantitative estimate of drug-likeness (QED) is 0.409. The van der Waals surface area contributed by atoms with Gasteiger partial charge in [0, 0.05) is 62.8 Å². The second-order valence-electron chi connectivity index (χ2n) is 9.87. The second kappa shape index (κ2) is 11.3. The zero-order chi connectivity index (χ0) is 25.0. The van der Waals surface area contributed by atoms with Gasteiger partial charge in [0.25, 0.3) is 0 Å². The van der Waals surface area contributed by atoms with Crippen LogP contribution >= 0.6 is 11.3 Å². The van der Waals surface area contributed by atoms with Crippen LogP contribution in [0.2, 0.25) is 0 Å². The first-order valence-corrected chi connectivity index (χ1v) is 14.0. The van der Waals surface area contributed by atoms with E-state index < -0.39 is 0 Å². The number of anilines is 1. The van der Waals surface area contributed by atoms with Crippen LogP contribution in [-0.2, 0) is 4.74 Å². The molecule has 1 aromatic carbocycles. The predicted octanol–water partition coefficient (Wildman–Crippen LogP) is 3.69. The molecule has 2 aromatic heterocycles. The molecule has 0 amide bonds. The first-order valence-electron chi connectivity index (χ1n) is 13.2. The number of hydrazine groups is 1. The van der Waals surface area contributed by atoms with E-state index >= 15 is 0 Å². The Balaban J connectivity index is 1.09. The minimum atomic E-state index is -0.303. The molecule has 9 nitrogen and oxygen atoms in total. The number of nitrogens with zero attached hydrogens (tertiary/aromatic N) is 4. The first-order chi connectivity index (χ1) is 18.2. The molecule has 2 atom stereocenters. The largest absolute Gasteiger partial charge is 0.457 e. The monoisotopic (exact) mass is 522 g/mol. The molecule has 0 spiro atoms. The highest BCUT2D eigenvalue weighted by atomic mass is 32.1. The highest BCUT2D eigenvalue weighted by Gasteiger charge is 2.24. The van der Waals surface area contributed by atoms with Gasteiger partial charge in [-0.3, -0.25) is 9.88 Å². The summed E-state index contributed by atoms with van der Waals surface area (Å²) < 4.78 is 12.7. The summed E-state index contributed by atoms with van der Waals surface area (Å²) in [5, 5.41) is 16.7. The summed E-state index contributed by atoms with van der Waals surface area (Å²) in [6, 6.07) is 9.92. The molecule has 6 rings (SSSR count). The number of thiazole rings is 1. The van der Waals surface area contributed by atoms with Gasteiger partial charge in [0.1, 0.15) is 11.5 Å². The van der Waals surface area contributed by atoms with E-state index in [1.54, 1.807) is 17.5 Å². The summed E-state index contributed by atoms with van der Waals surface area (Å²) in [5.41, 5.74) is 6.43. The highest BCUT2D eigenvalue weighted by Crippen LogP contribution is 2.33. The Morgan fingerprint density at radius 2 is 1.97 bits per heavy atom. The van der Waals surface area contributed by atoms with E-state index in [0.717, 1.165) is 110 Å². The summed E-state index contributed by atoms with van der Waals surface area (Å²) in [5.74, 6) is 1.52. The van der Waals surface area contributed by atoms with E-state index in [1.165, 1.54) is 0 Å².